The Hall–Kier alpha value is -2.24. The fraction of sp³-hybridized carbons (Fsp3) is 0.579. The van der Waals surface area contributed by atoms with Gasteiger partial charge in [0.05, 0.1) is 0 Å². The van der Waals surface area contributed by atoms with Crippen LogP contribution in [0.2, 0.25) is 0 Å². The third-order valence-electron chi connectivity index (χ3n) is 2.88. The molecule has 0 radical (unpaired) electrons. The summed E-state index contributed by atoms with van der Waals surface area (Å²) >= 11 is 0. The first-order chi connectivity index (χ1) is 11.5. The molecule has 140 valence electrons. The van der Waals surface area contributed by atoms with Gasteiger partial charge in [-0.25, -0.2) is 0 Å². The van der Waals surface area contributed by atoms with Crippen LogP contribution in [0.3, 0.4) is 0 Å². The van der Waals surface area contributed by atoms with Crippen molar-refractivity contribution in [1.29, 1.82) is 0 Å². The molecular weight excluding hydrogens is 318 g/mol. The van der Waals surface area contributed by atoms with Crippen molar-refractivity contribution in [2.75, 3.05) is 13.6 Å². The molecule has 0 bridgehead atoms. The molecule has 1 aromatic carbocycles. The van der Waals surface area contributed by atoms with Gasteiger partial charge in [0.25, 0.3) is 0 Å². The first-order valence-corrected chi connectivity index (χ1v) is 8.43. The Labute approximate surface area is 151 Å². The number of carbonyl (C=O) groups is 1. The summed E-state index contributed by atoms with van der Waals surface area (Å²) in [5, 5.41) is 6.13. The maximum absolute atomic E-state index is 11.8. The van der Waals surface area contributed by atoms with Gasteiger partial charge in [0, 0.05) is 19.2 Å². The van der Waals surface area contributed by atoms with E-state index in [1.54, 1.807) is 7.05 Å². The summed E-state index contributed by atoms with van der Waals surface area (Å²) in [6.07, 6.45) is 0. The number of aliphatic imine (C=N–C) groups is 1. The highest BCUT2D eigenvalue weighted by atomic mass is 16.6. The summed E-state index contributed by atoms with van der Waals surface area (Å²) in [5.74, 6) is 1.02. The summed E-state index contributed by atoms with van der Waals surface area (Å²) in [5.41, 5.74) is 0.240. The molecule has 0 aliphatic carbocycles. The van der Waals surface area contributed by atoms with Crippen LogP contribution in [0.15, 0.2) is 29.3 Å². The highest BCUT2D eigenvalue weighted by Gasteiger charge is 2.17. The van der Waals surface area contributed by atoms with E-state index in [0.29, 0.717) is 12.5 Å². The summed E-state index contributed by atoms with van der Waals surface area (Å²) < 4.78 is 11.2. The second-order valence-electron chi connectivity index (χ2n) is 7.69. The molecule has 25 heavy (non-hydrogen) atoms. The van der Waals surface area contributed by atoms with Gasteiger partial charge in [-0.3, -0.25) is 9.79 Å². The SMILES string of the molecule is CN=C(NCC(=O)OC(C)(C)C)NCc1ccccc1OC(C)(C)C. The standard InChI is InChI=1S/C19H31N3O3/c1-18(2,3)24-15-11-9-8-10-14(15)12-21-17(20-7)22-13-16(23)25-19(4,5)6/h8-11H,12-13H2,1-7H3,(H2,20,21,22). The topological polar surface area (TPSA) is 72.0 Å². The number of guanidine groups is 1. The maximum atomic E-state index is 11.8. The van der Waals surface area contributed by atoms with Gasteiger partial charge in [0.1, 0.15) is 23.5 Å². The molecule has 1 aromatic rings. The van der Waals surface area contributed by atoms with Crippen LogP contribution >= 0.6 is 0 Å². The van der Waals surface area contributed by atoms with Crippen molar-refractivity contribution < 1.29 is 14.3 Å². The van der Waals surface area contributed by atoms with Gasteiger partial charge in [0.15, 0.2) is 5.96 Å². The summed E-state index contributed by atoms with van der Waals surface area (Å²) in [6, 6.07) is 7.85. The van der Waals surface area contributed by atoms with E-state index < -0.39 is 5.60 Å². The van der Waals surface area contributed by atoms with E-state index in [0.717, 1.165) is 11.3 Å². The van der Waals surface area contributed by atoms with E-state index in [1.807, 2.05) is 65.8 Å². The van der Waals surface area contributed by atoms with Crippen LogP contribution in [-0.4, -0.2) is 36.7 Å². The lowest BCUT2D eigenvalue weighted by atomic mass is 10.1. The maximum Gasteiger partial charge on any atom is 0.325 e. The Kier molecular flexibility index (Phi) is 7.27. The van der Waals surface area contributed by atoms with Crippen molar-refractivity contribution in [3.63, 3.8) is 0 Å². The normalized spacial score (nSPS) is 12.5. The van der Waals surface area contributed by atoms with E-state index in [4.69, 9.17) is 9.47 Å². The third kappa shape index (κ3) is 8.98. The number of hydrogen-bond acceptors (Lipinski definition) is 4. The lowest BCUT2D eigenvalue weighted by Gasteiger charge is -2.23. The molecule has 0 saturated heterocycles. The molecule has 0 aromatic heterocycles. The molecule has 0 amide bonds. The number of nitrogens with zero attached hydrogens (tertiary/aromatic N) is 1. The van der Waals surface area contributed by atoms with Crippen molar-refractivity contribution in [3.05, 3.63) is 29.8 Å². The predicted molar refractivity (Wildman–Crippen MR) is 101 cm³/mol. The molecule has 1 rings (SSSR count). The van der Waals surface area contributed by atoms with E-state index in [2.05, 4.69) is 15.6 Å². The molecule has 2 N–H and O–H groups in total. The fourth-order valence-corrected chi connectivity index (χ4v) is 2.01. The monoisotopic (exact) mass is 349 g/mol. The zero-order valence-electron chi connectivity index (χ0n) is 16.4. The van der Waals surface area contributed by atoms with Crippen molar-refractivity contribution >= 4 is 11.9 Å². The van der Waals surface area contributed by atoms with Crippen LogP contribution in [0.5, 0.6) is 5.75 Å². The largest absolute Gasteiger partial charge is 0.488 e. The van der Waals surface area contributed by atoms with Crippen molar-refractivity contribution in [1.82, 2.24) is 10.6 Å². The lowest BCUT2D eigenvalue weighted by Crippen LogP contribution is -2.41. The van der Waals surface area contributed by atoms with Gasteiger partial charge in [-0.2, -0.15) is 0 Å². The van der Waals surface area contributed by atoms with E-state index in [9.17, 15) is 4.79 Å². The quantitative estimate of drug-likeness (QED) is 0.486. The number of rotatable bonds is 5. The van der Waals surface area contributed by atoms with Gasteiger partial charge in [-0.15, -0.1) is 0 Å². The Balaban J connectivity index is 2.60. The van der Waals surface area contributed by atoms with Gasteiger partial charge in [0.2, 0.25) is 0 Å². The average Bonchev–Trinajstić information content (AvgIpc) is 2.45. The highest BCUT2D eigenvalue weighted by molar-refractivity contribution is 5.84. The fourth-order valence-electron chi connectivity index (χ4n) is 2.01. The smallest absolute Gasteiger partial charge is 0.325 e. The molecule has 0 aliphatic heterocycles. The number of nitrogens with one attached hydrogen (secondary N) is 2. The van der Waals surface area contributed by atoms with Gasteiger partial charge < -0.3 is 20.1 Å². The van der Waals surface area contributed by atoms with Crippen LogP contribution in [0.4, 0.5) is 0 Å². The second kappa shape index (κ2) is 8.74. The zero-order valence-corrected chi connectivity index (χ0v) is 16.4. The Bertz CT molecular complexity index is 599. The van der Waals surface area contributed by atoms with E-state index in [1.165, 1.54) is 0 Å². The molecule has 6 nitrogen and oxygen atoms in total. The molecule has 0 heterocycles. The number of para-hydroxylation sites is 1. The second-order valence-corrected chi connectivity index (χ2v) is 7.69. The van der Waals surface area contributed by atoms with Gasteiger partial charge in [-0.05, 0) is 47.6 Å². The summed E-state index contributed by atoms with van der Waals surface area (Å²) in [6.45, 7) is 12.1. The lowest BCUT2D eigenvalue weighted by molar-refractivity contribution is -0.153. The summed E-state index contributed by atoms with van der Waals surface area (Å²) in [4.78, 5) is 15.9. The highest BCUT2D eigenvalue weighted by Crippen LogP contribution is 2.22. The molecule has 0 saturated carbocycles. The third-order valence-corrected chi connectivity index (χ3v) is 2.88. The first-order valence-electron chi connectivity index (χ1n) is 8.43. The summed E-state index contributed by atoms with van der Waals surface area (Å²) in [7, 11) is 1.65. The van der Waals surface area contributed by atoms with Crippen LogP contribution in [0.1, 0.15) is 47.1 Å². The van der Waals surface area contributed by atoms with Crippen LogP contribution in [0.25, 0.3) is 0 Å². The first kappa shape index (κ1) is 20.8. The van der Waals surface area contributed by atoms with E-state index >= 15 is 0 Å². The number of hydrogen-bond donors (Lipinski definition) is 2. The molecular formula is C19H31N3O3. The van der Waals surface area contributed by atoms with E-state index in [-0.39, 0.29) is 18.1 Å². The van der Waals surface area contributed by atoms with Crippen LogP contribution in [-0.2, 0) is 16.1 Å². The van der Waals surface area contributed by atoms with Gasteiger partial charge in [-0.1, -0.05) is 18.2 Å². The Morgan fingerprint density at radius 3 is 2.24 bits per heavy atom. The molecule has 6 heteroatoms. The average molecular weight is 349 g/mol. The molecule has 0 unspecified atom stereocenters. The number of ether oxygens (including phenoxy) is 2. The zero-order chi connectivity index (χ0) is 19.1. The van der Waals surface area contributed by atoms with Crippen LogP contribution < -0.4 is 15.4 Å². The van der Waals surface area contributed by atoms with Crippen LogP contribution in [0, 0.1) is 0 Å². The van der Waals surface area contributed by atoms with Gasteiger partial charge >= 0.3 is 5.97 Å². The number of esters is 1. The van der Waals surface area contributed by atoms with Crippen molar-refractivity contribution in [2.45, 2.75) is 59.3 Å². The predicted octanol–water partition coefficient (Wildman–Crippen LogP) is 2.87. The Morgan fingerprint density at radius 2 is 1.68 bits per heavy atom. The molecule has 0 aliphatic rings. The number of carbonyl (C=O) groups excluding carboxylic acids is 1. The number of benzene rings is 1. The molecule has 0 atom stereocenters. The minimum absolute atomic E-state index is 0.0527. The minimum atomic E-state index is -0.501. The minimum Gasteiger partial charge on any atom is -0.488 e. The molecule has 0 fully saturated rings. The molecule has 0 spiro atoms. The van der Waals surface area contributed by atoms with Crippen molar-refractivity contribution in [3.8, 4) is 5.75 Å². The Morgan fingerprint density at radius 1 is 1.04 bits per heavy atom. The van der Waals surface area contributed by atoms with Crippen molar-refractivity contribution in [2.24, 2.45) is 4.99 Å².